The van der Waals surface area contributed by atoms with Crippen LogP contribution in [-0.4, -0.2) is 7.11 Å². The number of nitrogens with zero attached hydrogens (tertiary/aromatic N) is 1. The number of nitrogen functional groups attached to an aromatic ring is 1. The molecule has 2 rings (SSSR count). The number of hydrogen-bond acceptors (Lipinski definition) is 4. The number of nitrogens with two attached hydrogens (primary N) is 1. The number of methoxy groups -OCH3 is 1. The number of hydrogen-bond donors (Lipinski definition) is 1. The highest BCUT2D eigenvalue weighted by Gasteiger charge is 2.08. The van der Waals surface area contributed by atoms with Gasteiger partial charge in [0, 0.05) is 22.4 Å². The number of halogens is 1. The molecule has 0 atom stereocenters. The standard InChI is InChI=1S/C15H13FN2OS/c1-19-14-7-12(18)3-5-15(14)20-9-11-6-10(8-17)2-4-13(11)16/h2-7H,9,18H2,1H3. The minimum Gasteiger partial charge on any atom is -0.496 e. The van der Waals surface area contributed by atoms with E-state index in [-0.39, 0.29) is 5.82 Å². The van der Waals surface area contributed by atoms with Crippen molar-refractivity contribution in [2.24, 2.45) is 0 Å². The van der Waals surface area contributed by atoms with Gasteiger partial charge in [0.15, 0.2) is 0 Å². The van der Waals surface area contributed by atoms with E-state index in [1.165, 1.54) is 23.9 Å². The molecule has 0 amide bonds. The van der Waals surface area contributed by atoms with Crippen LogP contribution in [0, 0.1) is 17.1 Å². The number of benzene rings is 2. The van der Waals surface area contributed by atoms with Gasteiger partial charge in [-0.25, -0.2) is 4.39 Å². The maximum Gasteiger partial charge on any atom is 0.134 e. The van der Waals surface area contributed by atoms with Gasteiger partial charge in [-0.1, -0.05) is 0 Å². The first-order valence-electron chi connectivity index (χ1n) is 5.89. The molecule has 0 aromatic heterocycles. The zero-order chi connectivity index (χ0) is 14.5. The van der Waals surface area contributed by atoms with Crippen molar-refractivity contribution in [1.29, 1.82) is 5.26 Å². The lowest BCUT2D eigenvalue weighted by atomic mass is 10.1. The molecule has 2 aromatic carbocycles. The van der Waals surface area contributed by atoms with E-state index < -0.39 is 0 Å². The third kappa shape index (κ3) is 3.22. The summed E-state index contributed by atoms with van der Waals surface area (Å²) in [4.78, 5) is 0.878. The van der Waals surface area contributed by atoms with E-state index in [0.29, 0.717) is 28.3 Å². The molecular formula is C15H13FN2OS. The Morgan fingerprint density at radius 2 is 2.10 bits per heavy atom. The fourth-order valence-corrected chi connectivity index (χ4v) is 2.69. The summed E-state index contributed by atoms with van der Waals surface area (Å²) in [5.41, 5.74) is 7.25. The predicted molar refractivity (Wildman–Crippen MR) is 78.1 cm³/mol. The van der Waals surface area contributed by atoms with Gasteiger partial charge in [-0.2, -0.15) is 5.26 Å². The second-order valence-electron chi connectivity index (χ2n) is 4.12. The van der Waals surface area contributed by atoms with E-state index in [2.05, 4.69) is 0 Å². The molecule has 3 nitrogen and oxygen atoms in total. The smallest absolute Gasteiger partial charge is 0.134 e. The zero-order valence-electron chi connectivity index (χ0n) is 10.9. The largest absolute Gasteiger partial charge is 0.496 e. The van der Waals surface area contributed by atoms with Crippen LogP contribution in [0.2, 0.25) is 0 Å². The molecule has 0 saturated carbocycles. The summed E-state index contributed by atoms with van der Waals surface area (Å²) in [6.45, 7) is 0. The van der Waals surface area contributed by atoms with Crippen LogP contribution in [0.5, 0.6) is 5.75 Å². The molecule has 0 spiro atoms. The van der Waals surface area contributed by atoms with Gasteiger partial charge in [0.05, 0.1) is 18.7 Å². The molecule has 0 fully saturated rings. The molecular weight excluding hydrogens is 275 g/mol. The van der Waals surface area contributed by atoms with Gasteiger partial charge in [-0.15, -0.1) is 11.8 Å². The Balaban J connectivity index is 2.19. The van der Waals surface area contributed by atoms with Crippen molar-refractivity contribution in [1.82, 2.24) is 0 Å². The van der Waals surface area contributed by atoms with Gasteiger partial charge in [0.2, 0.25) is 0 Å². The Morgan fingerprint density at radius 3 is 2.80 bits per heavy atom. The fourth-order valence-electron chi connectivity index (χ4n) is 1.71. The molecule has 0 aliphatic heterocycles. The van der Waals surface area contributed by atoms with E-state index in [9.17, 15) is 4.39 Å². The van der Waals surface area contributed by atoms with Crippen LogP contribution in [0.15, 0.2) is 41.3 Å². The SMILES string of the molecule is COc1cc(N)ccc1SCc1cc(C#N)ccc1F. The Bertz CT molecular complexity index is 667. The topological polar surface area (TPSA) is 59.0 Å². The van der Waals surface area contributed by atoms with E-state index in [0.717, 1.165) is 4.90 Å². The number of rotatable bonds is 4. The Labute approximate surface area is 121 Å². The third-order valence-corrected chi connectivity index (χ3v) is 3.85. The van der Waals surface area contributed by atoms with Crippen molar-refractivity contribution in [2.45, 2.75) is 10.6 Å². The van der Waals surface area contributed by atoms with Crippen LogP contribution in [0.25, 0.3) is 0 Å². The predicted octanol–water partition coefficient (Wildman–Crippen LogP) is 3.58. The summed E-state index contributed by atoms with van der Waals surface area (Å²) in [6, 6.07) is 11.7. The maximum absolute atomic E-state index is 13.7. The Hall–Kier alpha value is -2.19. The average molecular weight is 288 g/mol. The van der Waals surface area contributed by atoms with Crippen LogP contribution >= 0.6 is 11.8 Å². The van der Waals surface area contributed by atoms with Crippen molar-refractivity contribution >= 4 is 17.4 Å². The Kier molecular flexibility index (Phi) is 4.49. The number of thioether (sulfide) groups is 1. The highest BCUT2D eigenvalue weighted by Crippen LogP contribution is 2.33. The average Bonchev–Trinajstić information content (AvgIpc) is 2.47. The molecule has 0 radical (unpaired) electrons. The van der Waals surface area contributed by atoms with Crippen molar-refractivity contribution in [3.63, 3.8) is 0 Å². The monoisotopic (exact) mass is 288 g/mol. The van der Waals surface area contributed by atoms with Crippen LogP contribution in [0.1, 0.15) is 11.1 Å². The summed E-state index contributed by atoms with van der Waals surface area (Å²) in [7, 11) is 1.57. The van der Waals surface area contributed by atoms with Crippen LogP contribution < -0.4 is 10.5 Å². The molecule has 0 heterocycles. The second kappa shape index (κ2) is 6.31. The zero-order valence-corrected chi connectivity index (χ0v) is 11.7. The molecule has 20 heavy (non-hydrogen) atoms. The highest BCUT2D eigenvalue weighted by atomic mass is 32.2. The third-order valence-electron chi connectivity index (χ3n) is 2.75. The van der Waals surface area contributed by atoms with Crippen LogP contribution in [-0.2, 0) is 5.75 Å². The molecule has 5 heteroatoms. The molecule has 0 bridgehead atoms. The molecule has 0 aliphatic rings. The van der Waals surface area contributed by atoms with Crippen molar-refractivity contribution in [3.8, 4) is 11.8 Å². The lowest BCUT2D eigenvalue weighted by molar-refractivity contribution is 0.405. The first kappa shape index (κ1) is 14.2. The normalized spacial score (nSPS) is 10.1. The summed E-state index contributed by atoms with van der Waals surface area (Å²) in [5, 5.41) is 8.84. The minimum absolute atomic E-state index is 0.314. The lowest BCUT2D eigenvalue weighted by Crippen LogP contribution is -1.92. The first-order valence-corrected chi connectivity index (χ1v) is 6.87. The summed E-state index contributed by atoms with van der Waals surface area (Å²) >= 11 is 1.44. The van der Waals surface area contributed by atoms with Crippen LogP contribution in [0.3, 0.4) is 0 Å². The van der Waals surface area contributed by atoms with E-state index in [4.69, 9.17) is 15.7 Å². The number of nitriles is 1. The van der Waals surface area contributed by atoms with Gasteiger partial charge in [-0.05, 0) is 35.9 Å². The molecule has 2 N–H and O–H groups in total. The second-order valence-corrected chi connectivity index (χ2v) is 5.13. The first-order chi connectivity index (χ1) is 9.63. The van der Waals surface area contributed by atoms with Gasteiger partial charge in [0.1, 0.15) is 11.6 Å². The Morgan fingerprint density at radius 1 is 1.30 bits per heavy atom. The van der Waals surface area contributed by atoms with Crippen molar-refractivity contribution in [3.05, 3.63) is 53.3 Å². The summed E-state index contributed by atoms with van der Waals surface area (Å²) < 4.78 is 18.9. The van der Waals surface area contributed by atoms with Gasteiger partial charge in [0.25, 0.3) is 0 Å². The van der Waals surface area contributed by atoms with Gasteiger partial charge < -0.3 is 10.5 Å². The lowest BCUT2D eigenvalue weighted by Gasteiger charge is -2.09. The van der Waals surface area contributed by atoms with Crippen molar-refractivity contribution < 1.29 is 9.13 Å². The number of ether oxygens (including phenoxy) is 1. The molecule has 102 valence electrons. The van der Waals surface area contributed by atoms with E-state index in [1.54, 1.807) is 25.3 Å². The quantitative estimate of drug-likeness (QED) is 0.690. The number of anilines is 1. The molecule has 0 unspecified atom stereocenters. The molecule has 0 aliphatic carbocycles. The molecule has 2 aromatic rings. The van der Waals surface area contributed by atoms with Gasteiger partial charge in [-0.3, -0.25) is 0 Å². The highest BCUT2D eigenvalue weighted by molar-refractivity contribution is 7.98. The van der Waals surface area contributed by atoms with Gasteiger partial charge >= 0.3 is 0 Å². The van der Waals surface area contributed by atoms with E-state index >= 15 is 0 Å². The van der Waals surface area contributed by atoms with Crippen LogP contribution in [0.4, 0.5) is 10.1 Å². The summed E-state index contributed by atoms with van der Waals surface area (Å²) in [5.74, 6) is 0.763. The van der Waals surface area contributed by atoms with Crippen molar-refractivity contribution in [2.75, 3.05) is 12.8 Å². The summed E-state index contributed by atoms with van der Waals surface area (Å²) in [6.07, 6.45) is 0. The van der Waals surface area contributed by atoms with E-state index in [1.807, 2.05) is 12.1 Å². The maximum atomic E-state index is 13.7. The minimum atomic E-state index is -0.314. The fraction of sp³-hybridized carbons (Fsp3) is 0.133. The molecule has 0 saturated heterocycles.